The summed E-state index contributed by atoms with van der Waals surface area (Å²) in [6.07, 6.45) is 3.38. The smallest absolute Gasteiger partial charge is 0.246 e. The molecule has 18 heteroatoms. The summed E-state index contributed by atoms with van der Waals surface area (Å²) >= 11 is 1.57. The molecule has 3 saturated heterocycles. The number of rotatable bonds is 14. The number of hydrogen-bond donors (Lipinski definition) is 3. The highest BCUT2D eigenvalue weighted by Crippen LogP contribution is 2.36. The second kappa shape index (κ2) is 20.7. The number of pyridine rings is 1. The quantitative estimate of drug-likeness (QED) is 0.111. The minimum Gasteiger partial charge on any atom is -0.391 e. The fourth-order valence-electron chi connectivity index (χ4n) is 9.79. The second-order valence-corrected chi connectivity index (χ2v) is 20.4. The largest absolute Gasteiger partial charge is 0.391 e. The summed E-state index contributed by atoms with van der Waals surface area (Å²) in [7, 11) is 0. The van der Waals surface area contributed by atoms with Gasteiger partial charge in [0.15, 0.2) is 5.65 Å². The first-order chi connectivity index (χ1) is 33.7. The molecule has 3 fully saturated rings. The van der Waals surface area contributed by atoms with Crippen molar-refractivity contribution in [3.8, 4) is 21.8 Å². The Kier molecular flexibility index (Phi) is 14.2. The van der Waals surface area contributed by atoms with Crippen LogP contribution < -0.4 is 20.4 Å². The summed E-state index contributed by atoms with van der Waals surface area (Å²) in [5.74, 6) is 0.0935. The lowest BCUT2D eigenvalue weighted by atomic mass is 9.85. The summed E-state index contributed by atoms with van der Waals surface area (Å²) in [5.41, 5.74) is 7.08. The highest BCUT2D eigenvalue weighted by molar-refractivity contribution is 7.13. The van der Waals surface area contributed by atoms with Crippen LogP contribution >= 0.6 is 11.3 Å². The molecule has 4 atom stereocenters. The van der Waals surface area contributed by atoms with Crippen molar-refractivity contribution in [3.05, 3.63) is 113 Å². The van der Waals surface area contributed by atoms with Crippen LogP contribution in [-0.4, -0.2) is 121 Å². The van der Waals surface area contributed by atoms with Crippen LogP contribution in [0.25, 0.3) is 27.5 Å². The number of likely N-dealkylation sites (tertiary alicyclic amines) is 1. The van der Waals surface area contributed by atoms with Gasteiger partial charge in [0.1, 0.15) is 35.2 Å². The summed E-state index contributed by atoms with van der Waals surface area (Å²) in [6, 6.07) is 22.6. The van der Waals surface area contributed by atoms with Gasteiger partial charge in [-0.2, -0.15) is 0 Å². The third-order valence-corrected chi connectivity index (χ3v) is 14.6. The van der Waals surface area contributed by atoms with E-state index in [9.17, 15) is 28.7 Å². The van der Waals surface area contributed by atoms with E-state index in [-0.39, 0.29) is 61.9 Å². The molecule has 4 amide bonds. The molecule has 0 saturated carbocycles. The Hall–Kier alpha value is -6.79. The molecule has 0 aliphatic carbocycles. The van der Waals surface area contributed by atoms with E-state index in [0.717, 1.165) is 64.0 Å². The number of imidazole rings is 1. The number of hydrogen-bond acceptors (Lipinski definition) is 12. The van der Waals surface area contributed by atoms with E-state index in [0.29, 0.717) is 43.9 Å². The van der Waals surface area contributed by atoms with Gasteiger partial charge in [-0.1, -0.05) is 63.2 Å². The molecule has 9 rings (SSSR count). The highest BCUT2D eigenvalue weighted by Gasteiger charge is 2.44. The van der Waals surface area contributed by atoms with Crippen LogP contribution in [0.3, 0.4) is 0 Å². The van der Waals surface area contributed by atoms with Crippen LogP contribution in [-0.2, 0) is 25.7 Å². The molecule has 3 aliphatic heterocycles. The van der Waals surface area contributed by atoms with E-state index in [1.807, 2.05) is 103 Å². The molecule has 4 aromatic heterocycles. The number of amides is 4. The van der Waals surface area contributed by atoms with Gasteiger partial charge < -0.3 is 35.3 Å². The first kappa shape index (κ1) is 48.2. The first-order valence-electron chi connectivity index (χ1n) is 24.1. The van der Waals surface area contributed by atoms with Crippen LogP contribution in [0.15, 0.2) is 90.6 Å². The summed E-state index contributed by atoms with van der Waals surface area (Å²) in [6.45, 7) is 10.7. The second-order valence-electron chi connectivity index (χ2n) is 19.6. The molecule has 3 N–H and O–H groups in total. The van der Waals surface area contributed by atoms with E-state index >= 15 is 0 Å². The van der Waals surface area contributed by atoms with Gasteiger partial charge >= 0.3 is 0 Å². The Morgan fingerprint density at radius 3 is 2.44 bits per heavy atom. The van der Waals surface area contributed by atoms with Crippen LogP contribution in [0.2, 0.25) is 0 Å². The van der Waals surface area contributed by atoms with Gasteiger partial charge in [0.2, 0.25) is 23.6 Å². The van der Waals surface area contributed by atoms with Crippen molar-refractivity contribution >= 4 is 52.2 Å². The first-order valence-corrected chi connectivity index (χ1v) is 25.0. The van der Waals surface area contributed by atoms with Crippen molar-refractivity contribution < 1.29 is 28.7 Å². The summed E-state index contributed by atoms with van der Waals surface area (Å²) in [4.78, 5) is 77.1. The van der Waals surface area contributed by atoms with E-state index in [1.54, 1.807) is 29.7 Å². The molecule has 7 heterocycles. The summed E-state index contributed by atoms with van der Waals surface area (Å²) < 4.78 is 16.0. The predicted molar refractivity (Wildman–Crippen MR) is 266 cm³/mol. The number of aryl methyl sites for hydroxylation is 1. The Morgan fingerprint density at radius 1 is 0.914 bits per heavy atom. The molecular formula is C52H60FN11O5S. The molecule has 2 unspecified atom stereocenters. The molecule has 2 aromatic carbocycles. The average Bonchev–Trinajstić information content (AvgIpc) is 4.19. The Morgan fingerprint density at radius 2 is 1.70 bits per heavy atom. The zero-order chi connectivity index (χ0) is 49.1. The molecule has 3 aliphatic rings. The minimum absolute atomic E-state index is 0.0215. The van der Waals surface area contributed by atoms with E-state index in [2.05, 4.69) is 30.4 Å². The standard InChI is InChI=1S/C52H60FN11O5S/c1-33-48(70-32-56-33)35-18-16-34(17-19-35)29-55-50(68)41-28-38(65)31-63(41)51(69)49(52(2,3)4)58-46(66)14-7-15-47(67)61-25-23-60(24-26-61)44-13-6-11-39(57-44)42-30-54-43-20-21-45(59-64(42)43)62-22-8-12-40(62)36-9-5-10-37(53)27-36/h5-6,9-11,13,16-21,27,30,32,38,40-41,49,65H,7-8,12,14-15,22-26,28-29,31H2,1-4H3,(H,55,68)(H,58,66)/t38?,40-,41+,49?/m1/s1. The fourth-order valence-corrected chi connectivity index (χ4v) is 10.6. The number of aromatic nitrogens is 5. The van der Waals surface area contributed by atoms with Crippen molar-refractivity contribution in [3.63, 3.8) is 0 Å². The average molecular weight is 970 g/mol. The van der Waals surface area contributed by atoms with Gasteiger partial charge in [-0.15, -0.1) is 16.4 Å². The number of thiazole rings is 1. The topological polar surface area (TPSA) is 182 Å². The van der Waals surface area contributed by atoms with Crippen LogP contribution in [0, 0.1) is 18.2 Å². The van der Waals surface area contributed by atoms with Crippen LogP contribution in [0.4, 0.5) is 16.0 Å². The fraction of sp³-hybridized carbons (Fsp3) is 0.423. The molecule has 0 bridgehead atoms. The lowest BCUT2D eigenvalue weighted by Crippen LogP contribution is -2.57. The van der Waals surface area contributed by atoms with Crippen molar-refractivity contribution in [2.75, 3.05) is 49.1 Å². The van der Waals surface area contributed by atoms with Crippen molar-refractivity contribution in [1.29, 1.82) is 0 Å². The number of aliphatic hydroxyl groups is 1. The number of carbonyl (C=O) groups excluding carboxylic acids is 4. The maximum Gasteiger partial charge on any atom is 0.246 e. The Bertz CT molecular complexity index is 2860. The summed E-state index contributed by atoms with van der Waals surface area (Å²) in [5, 5.41) is 21.5. The third-order valence-electron chi connectivity index (χ3n) is 13.6. The number of carbonyl (C=O) groups is 4. The third kappa shape index (κ3) is 10.7. The van der Waals surface area contributed by atoms with Gasteiger partial charge in [-0.05, 0) is 84.7 Å². The highest BCUT2D eigenvalue weighted by atomic mass is 32.1. The van der Waals surface area contributed by atoms with Crippen molar-refractivity contribution in [2.24, 2.45) is 5.41 Å². The number of aliphatic hydroxyl groups excluding tert-OH is 1. The van der Waals surface area contributed by atoms with Gasteiger partial charge in [-0.25, -0.2) is 23.9 Å². The minimum atomic E-state index is -0.962. The molecular weight excluding hydrogens is 910 g/mol. The van der Waals surface area contributed by atoms with Crippen molar-refractivity contribution in [1.82, 2.24) is 45.0 Å². The maximum absolute atomic E-state index is 14.2. The van der Waals surface area contributed by atoms with E-state index in [1.165, 1.54) is 11.0 Å². The molecule has 70 heavy (non-hydrogen) atoms. The van der Waals surface area contributed by atoms with Crippen LogP contribution in [0.1, 0.15) is 82.2 Å². The number of nitrogens with one attached hydrogen (secondary N) is 2. The normalized spacial score (nSPS) is 18.9. The number of benzene rings is 2. The molecule has 0 radical (unpaired) electrons. The van der Waals surface area contributed by atoms with Crippen molar-refractivity contribution in [2.45, 2.75) is 97.0 Å². The number of piperazine rings is 1. The number of halogens is 1. The lowest BCUT2D eigenvalue weighted by Gasteiger charge is -2.36. The lowest BCUT2D eigenvalue weighted by molar-refractivity contribution is -0.144. The number of anilines is 2. The van der Waals surface area contributed by atoms with Crippen LogP contribution in [0.5, 0.6) is 0 Å². The van der Waals surface area contributed by atoms with E-state index in [4.69, 9.17) is 10.1 Å². The zero-order valence-electron chi connectivity index (χ0n) is 40.1. The SMILES string of the molecule is Cc1ncsc1-c1ccc(CNC(=O)[C@@H]2CC(O)CN2C(=O)C(NC(=O)CCCC(=O)N2CCN(c3cccc(-c4cnc5ccc(N6CCC[C@@H]6c6cccc(F)c6)nn45)n3)CC2)C(C)(C)C)cc1. The Labute approximate surface area is 410 Å². The molecule has 6 aromatic rings. The maximum atomic E-state index is 14.2. The van der Waals surface area contributed by atoms with Gasteiger partial charge in [0, 0.05) is 65.1 Å². The molecule has 366 valence electrons. The van der Waals surface area contributed by atoms with Gasteiger partial charge in [0.25, 0.3) is 0 Å². The van der Waals surface area contributed by atoms with Gasteiger partial charge in [-0.3, -0.25) is 19.2 Å². The molecule has 0 spiro atoms. The Balaban J connectivity index is 0.752. The van der Waals surface area contributed by atoms with E-state index < -0.39 is 29.5 Å². The molecule has 16 nitrogen and oxygen atoms in total. The predicted octanol–water partition coefficient (Wildman–Crippen LogP) is 6.33. The number of fused-ring (bicyclic) bond motifs is 1. The monoisotopic (exact) mass is 969 g/mol. The zero-order valence-corrected chi connectivity index (χ0v) is 40.9. The number of β-amino-alcohol motifs (C(OH)–C–C–N with tert-alkyl or cyclic N) is 1. The number of nitrogens with zero attached hydrogens (tertiary/aromatic N) is 9. The van der Waals surface area contributed by atoms with Gasteiger partial charge in [0.05, 0.1) is 40.1 Å².